The Hall–Kier alpha value is -3.24. The van der Waals surface area contributed by atoms with E-state index in [1.807, 2.05) is 12.1 Å². The molecule has 3 N–H and O–H groups in total. The summed E-state index contributed by atoms with van der Waals surface area (Å²) in [6.07, 6.45) is 2.96. The average molecular weight is 412 g/mol. The molecule has 0 atom stereocenters. The van der Waals surface area contributed by atoms with Crippen LogP contribution in [-0.2, 0) is 23.5 Å². The third kappa shape index (κ3) is 3.71. The lowest BCUT2D eigenvalue weighted by atomic mass is 10.1. The number of rotatable bonds is 5. The smallest absolute Gasteiger partial charge is 0.180 e. The summed E-state index contributed by atoms with van der Waals surface area (Å²) < 4.78 is 26.6. The number of hydrogen-bond acceptors (Lipinski definition) is 7. The molecule has 3 heterocycles. The van der Waals surface area contributed by atoms with Crippen LogP contribution in [0.4, 0.5) is 11.4 Å². The molecule has 0 fully saturated rings. The summed E-state index contributed by atoms with van der Waals surface area (Å²) in [6, 6.07) is 8.60. The molecule has 0 unspecified atom stereocenters. The van der Waals surface area contributed by atoms with Crippen LogP contribution in [0.5, 0.6) is 0 Å². The summed E-state index contributed by atoms with van der Waals surface area (Å²) in [5, 5.41) is 17.0. The highest BCUT2D eigenvalue weighted by Gasteiger charge is 2.18. The van der Waals surface area contributed by atoms with Crippen LogP contribution >= 0.6 is 0 Å². The third-order valence-corrected chi connectivity index (χ3v) is 5.59. The Balaban J connectivity index is 1.84. The Bertz CT molecular complexity index is 1320. The molecule has 1 aromatic carbocycles. The number of pyridine rings is 1. The maximum atomic E-state index is 12.5. The molecule has 4 rings (SSSR count). The number of aliphatic hydroxyl groups excluding tert-OH is 1. The van der Waals surface area contributed by atoms with E-state index in [1.165, 1.54) is 0 Å². The van der Waals surface area contributed by atoms with E-state index in [4.69, 9.17) is 0 Å². The van der Waals surface area contributed by atoms with E-state index >= 15 is 0 Å². The lowest BCUT2D eigenvalue weighted by molar-refractivity contribution is 0.277. The molecule has 150 valence electrons. The largest absolute Gasteiger partial charge is 0.390 e. The summed E-state index contributed by atoms with van der Waals surface area (Å²) in [5.41, 5.74) is 3.88. The monoisotopic (exact) mass is 412 g/mol. The summed E-state index contributed by atoms with van der Waals surface area (Å²) in [5.74, 6) is 0.666. The van der Waals surface area contributed by atoms with E-state index < -0.39 is 9.84 Å². The average Bonchev–Trinajstić information content (AvgIpc) is 3.26. The van der Waals surface area contributed by atoms with Crippen molar-refractivity contribution in [2.75, 3.05) is 11.6 Å². The first-order valence-electron chi connectivity index (χ1n) is 8.83. The summed E-state index contributed by atoms with van der Waals surface area (Å²) >= 11 is 0. The number of fused-ring (bicyclic) bond motifs is 1. The van der Waals surface area contributed by atoms with Gasteiger partial charge in [-0.05, 0) is 31.2 Å². The Morgan fingerprint density at radius 3 is 2.62 bits per heavy atom. The molecule has 0 saturated heterocycles. The van der Waals surface area contributed by atoms with Crippen LogP contribution in [0.2, 0.25) is 0 Å². The molecular formula is C19H20N6O3S. The van der Waals surface area contributed by atoms with E-state index in [0.29, 0.717) is 45.3 Å². The fraction of sp³-hybridized carbons (Fsp3) is 0.211. The number of nitrogens with zero attached hydrogens (tertiary/aromatic N) is 4. The summed E-state index contributed by atoms with van der Waals surface area (Å²) in [4.78, 5) is 11.9. The molecular weight excluding hydrogens is 392 g/mol. The van der Waals surface area contributed by atoms with Gasteiger partial charge in [-0.15, -0.1) is 0 Å². The topological polar surface area (TPSA) is 126 Å². The van der Waals surface area contributed by atoms with Crippen molar-refractivity contribution in [3.05, 3.63) is 48.0 Å². The Labute approximate surface area is 167 Å². The molecule has 0 aliphatic heterocycles. The first-order chi connectivity index (χ1) is 13.7. The van der Waals surface area contributed by atoms with Gasteiger partial charge in [0, 0.05) is 25.1 Å². The van der Waals surface area contributed by atoms with E-state index in [2.05, 4.69) is 25.4 Å². The second kappa shape index (κ2) is 6.98. The van der Waals surface area contributed by atoms with Gasteiger partial charge in [0.05, 0.1) is 34.3 Å². The van der Waals surface area contributed by atoms with Gasteiger partial charge >= 0.3 is 0 Å². The van der Waals surface area contributed by atoms with Crippen molar-refractivity contribution in [1.29, 1.82) is 0 Å². The number of anilines is 2. The van der Waals surface area contributed by atoms with Crippen LogP contribution in [0.15, 0.2) is 41.4 Å². The zero-order valence-electron chi connectivity index (χ0n) is 16.1. The van der Waals surface area contributed by atoms with E-state index in [-0.39, 0.29) is 11.5 Å². The van der Waals surface area contributed by atoms with Crippen molar-refractivity contribution in [3.63, 3.8) is 0 Å². The van der Waals surface area contributed by atoms with Gasteiger partial charge in [-0.25, -0.2) is 18.4 Å². The van der Waals surface area contributed by atoms with Gasteiger partial charge in [-0.1, -0.05) is 6.07 Å². The number of aliphatic hydroxyl groups is 1. The minimum atomic E-state index is -3.53. The van der Waals surface area contributed by atoms with Crippen molar-refractivity contribution in [2.24, 2.45) is 7.05 Å². The van der Waals surface area contributed by atoms with Gasteiger partial charge in [0.15, 0.2) is 15.5 Å². The quantitative estimate of drug-likeness (QED) is 0.459. The molecule has 0 amide bonds. The Kier molecular flexibility index (Phi) is 4.59. The molecule has 0 bridgehead atoms. The fourth-order valence-corrected chi connectivity index (χ4v) is 4.00. The van der Waals surface area contributed by atoms with Crippen molar-refractivity contribution < 1.29 is 13.5 Å². The van der Waals surface area contributed by atoms with Crippen LogP contribution in [0.25, 0.3) is 22.4 Å². The van der Waals surface area contributed by atoms with Crippen LogP contribution in [-0.4, -0.2) is 44.5 Å². The zero-order chi connectivity index (χ0) is 20.8. The van der Waals surface area contributed by atoms with Crippen LogP contribution in [0.1, 0.15) is 11.5 Å². The fourth-order valence-electron chi connectivity index (χ4n) is 3.14. The summed E-state index contributed by atoms with van der Waals surface area (Å²) in [7, 11) is -1.73. The number of aryl methyl sites for hydroxylation is 2. The molecule has 0 aliphatic rings. The number of aromatic nitrogens is 5. The lowest BCUT2D eigenvalue weighted by Crippen LogP contribution is -2.04. The second-order valence-corrected chi connectivity index (χ2v) is 8.81. The number of imidazole rings is 1. The molecule has 29 heavy (non-hydrogen) atoms. The van der Waals surface area contributed by atoms with Crippen molar-refractivity contribution >= 4 is 32.4 Å². The van der Waals surface area contributed by atoms with Crippen molar-refractivity contribution in [1.82, 2.24) is 24.7 Å². The third-order valence-electron chi connectivity index (χ3n) is 4.45. The van der Waals surface area contributed by atoms with Gasteiger partial charge in [0.1, 0.15) is 11.3 Å². The number of aromatic amines is 1. The standard InChI is InChI=1S/C19H20N6O3S/c1-11-20-18-16(9-13(10-26)22-19(18)21-11)23-15-5-4-12(8-17(15)29(3,27)28)14-6-7-25(2)24-14/h4-9,26H,10H2,1-3H3,(H2,20,21,22,23). The molecule has 0 aliphatic carbocycles. The molecule has 10 heteroatoms. The minimum Gasteiger partial charge on any atom is -0.390 e. The zero-order valence-corrected chi connectivity index (χ0v) is 16.9. The first-order valence-corrected chi connectivity index (χ1v) is 10.7. The van der Waals surface area contributed by atoms with Gasteiger partial charge < -0.3 is 15.4 Å². The lowest BCUT2D eigenvalue weighted by Gasteiger charge is -2.13. The van der Waals surface area contributed by atoms with E-state index in [1.54, 1.807) is 43.0 Å². The van der Waals surface area contributed by atoms with Crippen LogP contribution in [0, 0.1) is 6.92 Å². The highest BCUT2D eigenvalue weighted by Crippen LogP contribution is 2.32. The maximum absolute atomic E-state index is 12.5. The Morgan fingerprint density at radius 2 is 1.97 bits per heavy atom. The van der Waals surface area contributed by atoms with Crippen molar-refractivity contribution in [2.45, 2.75) is 18.4 Å². The molecule has 0 spiro atoms. The number of nitrogens with one attached hydrogen (secondary N) is 2. The highest BCUT2D eigenvalue weighted by atomic mass is 32.2. The molecule has 4 aromatic rings. The Morgan fingerprint density at radius 1 is 1.17 bits per heavy atom. The maximum Gasteiger partial charge on any atom is 0.180 e. The number of benzene rings is 1. The van der Waals surface area contributed by atoms with Gasteiger partial charge in [0.2, 0.25) is 0 Å². The van der Waals surface area contributed by atoms with Crippen LogP contribution < -0.4 is 5.32 Å². The van der Waals surface area contributed by atoms with E-state index in [9.17, 15) is 13.5 Å². The predicted molar refractivity (Wildman–Crippen MR) is 110 cm³/mol. The molecule has 0 saturated carbocycles. The van der Waals surface area contributed by atoms with Gasteiger partial charge in [0.25, 0.3) is 0 Å². The minimum absolute atomic E-state index is 0.146. The number of sulfone groups is 1. The summed E-state index contributed by atoms with van der Waals surface area (Å²) in [6.45, 7) is 1.54. The SMILES string of the molecule is Cc1nc2nc(CO)cc(Nc3ccc(-c4ccn(C)n4)cc3S(C)(=O)=O)c2[nH]1. The van der Waals surface area contributed by atoms with Gasteiger partial charge in [-0.3, -0.25) is 4.68 Å². The van der Waals surface area contributed by atoms with E-state index in [0.717, 1.165) is 6.26 Å². The van der Waals surface area contributed by atoms with Gasteiger partial charge in [-0.2, -0.15) is 5.10 Å². The number of hydrogen-bond donors (Lipinski definition) is 3. The normalized spacial score (nSPS) is 11.9. The first kappa shape index (κ1) is 19.1. The molecule has 0 radical (unpaired) electrons. The number of H-pyrrole nitrogens is 1. The highest BCUT2D eigenvalue weighted by molar-refractivity contribution is 7.90. The molecule has 3 aromatic heterocycles. The second-order valence-electron chi connectivity index (χ2n) is 6.82. The van der Waals surface area contributed by atoms with Crippen molar-refractivity contribution in [3.8, 4) is 11.3 Å². The molecule has 9 nitrogen and oxygen atoms in total. The predicted octanol–water partition coefficient (Wildman–Crippen LogP) is 2.31. The van der Waals surface area contributed by atoms with Crippen LogP contribution in [0.3, 0.4) is 0 Å².